The van der Waals surface area contributed by atoms with Gasteiger partial charge in [-0.25, -0.2) is 13.4 Å². The van der Waals surface area contributed by atoms with Gasteiger partial charge in [0.15, 0.2) is 16.6 Å². The topological polar surface area (TPSA) is 97.8 Å². The molecule has 1 aromatic heterocycles. The molecule has 0 spiro atoms. The number of hydrogen-bond donors (Lipinski definition) is 1. The van der Waals surface area contributed by atoms with Crippen LogP contribution in [-0.2, 0) is 27.7 Å². The second kappa shape index (κ2) is 8.40. The van der Waals surface area contributed by atoms with Crippen molar-refractivity contribution >= 4 is 32.4 Å². The third kappa shape index (κ3) is 4.16. The summed E-state index contributed by atoms with van der Waals surface area (Å²) in [7, 11) is -3.65. The van der Waals surface area contributed by atoms with Gasteiger partial charge in [-0.3, -0.25) is 4.79 Å². The molecule has 0 unspecified atom stereocenters. The molecule has 1 aliphatic carbocycles. The molecule has 0 atom stereocenters. The van der Waals surface area contributed by atoms with Crippen molar-refractivity contribution in [1.29, 1.82) is 0 Å². The fourth-order valence-corrected chi connectivity index (χ4v) is 6.84. The number of nitrogens with one attached hydrogen (secondary N) is 1. The van der Waals surface area contributed by atoms with Gasteiger partial charge in [-0.1, -0.05) is 0 Å². The molecule has 1 aromatic carbocycles. The molecule has 1 fully saturated rings. The summed E-state index contributed by atoms with van der Waals surface area (Å²) in [5.41, 5.74) is 1.12. The smallest absolute Gasteiger partial charge is 0.243 e. The van der Waals surface area contributed by atoms with E-state index in [4.69, 9.17) is 9.47 Å². The van der Waals surface area contributed by atoms with Crippen LogP contribution in [0.4, 0.5) is 5.13 Å². The van der Waals surface area contributed by atoms with Gasteiger partial charge in [0.25, 0.3) is 0 Å². The van der Waals surface area contributed by atoms with E-state index in [0.29, 0.717) is 55.8 Å². The number of hydrogen-bond acceptors (Lipinski definition) is 7. The highest BCUT2D eigenvalue weighted by Crippen LogP contribution is 2.34. The van der Waals surface area contributed by atoms with Crippen molar-refractivity contribution in [3.05, 3.63) is 28.8 Å². The van der Waals surface area contributed by atoms with Crippen LogP contribution >= 0.6 is 11.3 Å². The summed E-state index contributed by atoms with van der Waals surface area (Å²) in [6.07, 6.45) is 5.33. The Morgan fingerprint density at radius 1 is 1.10 bits per heavy atom. The second-order valence-corrected chi connectivity index (χ2v) is 11.1. The monoisotopic (exact) mass is 463 g/mol. The van der Waals surface area contributed by atoms with Gasteiger partial charge in [0, 0.05) is 30.0 Å². The lowest BCUT2D eigenvalue weighted by Gasteiger charge is -2.30. The zero-order valence-electron chi connectivity index (χ0n) is 17.1. The SMILES string of the molecule is O=C(Nc1nc2c(s1)CCCC2)C1CCN(S(=O)(=O)c2ccc3c(c2)OCCO3)CC1. The van der Waals surface area contributed by atoms with Gasteiger partial charge >= 0.3 is 0 Å². The van der Waals surface area contributed by atoms with Crippen molar-refractivity contribution in [3.8, 4) is 11.5 Å². The van der Waals surface area contributed by atoms with E-state index in [1.165, 1.54) is 21.7 Å². The Balaban J connectivity index is 1.21. The summed E-state index contributed by atoms with van der Waals surface area (Å²) >= 11 is 1.57. The van der Waals surface area contributed by atoms with Gasteiger partial charge in [-0.05, 0) is 50.7 Å². The minimum Gasteiger partial charge on any atom is -0.486 e. The maximum atomic E-state index is 13.1. The lowest BCUT2D eigenvalue weighted by Crippen LogP contribution is -2.41. The number of aromatic nitrogens is 1. The van der Waals surface area contributed by atoms with Gasteiger partial charge in [-0.2, -0.15) is 4.31 Å². The maximum absolute atomic E-state index is 13.1. The predicted molar refractivity (Wildman–Crippen MR) is 116 cm³/mol. The number of piperidine rings is 1. The van der Waals surface area contributed by atoms with Crippen LogP contribution in [-0.4, -0.2) is 49.9 Å². The zero-order valence-corrected chi connectivity index (χ0v) is 18.8. The minimum atomic E-state index is -3.65. The number of thiazole rings is 1. The van der Waals surface area contributed by atoms with Gasteiger partial charge in [0.05, 0.1) is 10.6 Å². The fraction of sp³-hybridized carbons (Fsp3) is 0.524. The first-order valence-electron chi connectivity index (χ1n) is 10.7. The predicted octanol–water partition coefficient (Wildman–Crippen LogP) is 2.83. The Morgan fingerprint density at radius 3 is 2.61 bits per heavy atom. The van der Waals surface area contributed by atoms with E-state index >= 15 is 0 Å². The van der Waals surface area contributed by atoms with Gasteiger partial charge < -0.3 is 14.8 Å². The number of carbonyl (C=O) groups is 1. The Morgan fingerprint density at radius 2 is 1.84 bits per heavy atom. The quantitative estimate of drug-likeness (QED) is 0.749. The third-order valence-electron chi connectivity index (χ3n) is 6.05. The van der Waals surface area contributed by atoms with Gasteiger partial charge in [0.1, 0.15) is 13.2 Å². The first-order valence-corrected chi connectivity index (χ1v) is 13.0. The Bertz CT molecular complexity index is 1070. The molecule has 0 radical (unpaired) electrons. The van der Waals surface area contributed by atoms with Crippen molar-refractivity contribution in [2.45, 2.75) is 43.4 Å². The molecule has 0 bridgehead atoms. The van der Waals surface area contributed by atoms with Crippen LogP contribution in [0.15, 0.2) is 23.1 Å². The van der Waals surface area contributed by atoms with Crippen LogP contribution in [0.5, 0.6) is 11.5 Å². The summed E-state index contributed by atoms with van der Waals surface area (Å²) in [6.45, 7) is 1.48. The van der Waals surface area contributed by atoms with Gasteiger partial charge in [0.2, 0.25) is 15.9 Å². The largest absolute Gasteiger partial charge is 0.486 e. The normalized spacial score (nSPS) is 19.6. The van der Waals surface area contributed by atoms with Crippen molar-refractivity contribution in [2.24, 2.45) is 5.92 Å². The number of fused-ring (bicyclic) bond motifs is 2. The number of anilines is 1. The molecule has 1 N–H and O–H groups in total. The van der Waals surface area contributed by atoms with Crippen molar-refractivity contribution in [3.63, 3.8) is 0 Å². The van der Waals surface area contributed by atoms with Crippen molar-refractivity contribution < 1.29 is 22.7 Å². The summed E-state index contributed by atoms with van der Waals surface area (Å²) < 4.78 is 38.6. The highest BCUT2D eigenvalue weighted by atomic mass is 32.2. The number of ether oxygens (including phenoxy) is 2. The number of benzene rings is 1. The van der Waals surface area contributed by atoms with Crippen LogP contribution in [0.2, 0.25) is 0 Å². The third-order valence-corrected chi connectivity index (χ3v) is 9.02. The van der Waals surface area contributed by atoms with E-state index in [1.807, 2.05) is 0 Å². The van der Waals surface area contributed by atoms with Crippen LogP contribution in [0, 0.1) is 5.92 Å². The molecule has 3 aliphatic rings. The molecule has 10 heteroatoms. The average Bonchev–Trinajstić information content (AvgIpc) is 3.21. The molecule has 1 saturated heterocycles. The fourth-order valence-electron chi connectivity index (χ4n) is 4.30. The first kappa shape index (κ1) is 20.7. The Hall–Kier alpha value is -2.17. The van der Waals surface area contributed by atoms with E-state index < -0.39 is 10.0 Å². The van der Waals surface area contributed by atoms with Crippen molar-refractivity contribution in [2.75, 3.05) is 31.6 Å². The van der Waals surface area contributed by atoms with E-state index in [-0.39, 0.29) is 16.7 Å². The number of sulfonamides is 1. The number of aryl methyl sites for hydroxylation is 2. The molecule has 2 aliphatic heterocycles. The highest BCUT2D eigenvalue weighted by molar-refractivity contribution is 7.89. The molecule has 31 heavy (non-hydrogen) atoms. The lowest BCUT2D eigenvalue weighted by atomic mass is 9.97. The summed E-state index contributed by atoms with van der Waals surface area (Å²) in [4.78, 5) is 18.8. The molecular formula is C21H25N3O5S2. The Labute approximate surface area is 185 Å². The number of carbonyl (C=O) groups excluding carboxylic acids is 1. The van der Waals surface area contributed by atoms with Crippen molar-refractivity contribution in [1.82, 2.24) is 9.29 Å². The molecule has 166 valence electrons. The molecule has 0 saturated carbocycles. The van der Waals surface area contributed by atoms with Crippen LogP contribution < -0.4 is 14.8 Å². The standard InChI is InChI=1S/C21H25N3O5S2/c25-20(23-21-22-16-3-1-2-4-19(16)30-21)14-7-9-24(10-8-14)31(26,27)15-5-6-17-18(13-15)29-12-11-28-17/h5-6,13-14H,1-4,7-12H2,(H,22,23,25). The summed E-state index contributed by atoms with van der Waals surface area (Å²) in [5, 5.41) is 3.63. The summed E-state index contributed by atoms with van der Waals surface area (Å²) in [5.74, 6) is 0.729. The molecule has 2 aromatic rings. The second-order valence-electron chi connectivity index (χ2n) is 8.07. The van der Waals surface area contributed by atoms with Crippen LogP contribution in [0.1, 0.15) is 36.3 Å². The van der Waals surface area contributed by atoms with Crippen LogP contribution in [0.25, 0.3) is 0 Å². The minimum absolute atomic E-state index is 0.0672. The molecule has 1 amide bonds. The summed E-state index contributed by atoms with van der Waals surface area (Å²) in [6, 6.07) is 4.70. The molecule has 5 rings (SSSR count). The number of amides is 1. The lowest BCUT2D eigenvalue weighted by molar-refractivity contribution is -0.120. The highest BCUT2D eigenvalue weighted by Gasteiger charge is 2.33. The van der Waals surface area contributed by atoms with Gasteiger partial charge in [-0.15, -0.1) is 11.3 Å². The molecule has 3 heterocycles. The van der Waals surface area contributed by atoms with Crippen LogP contribution in [0.3, 0.4) is 0 Å². The van der Waals surface area contributed by atoms with E-state index in [2.05, 4.69) is 10.3 Å². The zero-order chi connectivity index (χ0) is 21.4. The van der Waals surface area contributed by atoms with E-state index in [0.717, 1.165) is 25.0 Å². The van der Waals surface area contributed by atoms with E-state index in [9.17, 15) is 13.2 Å². The average molecular weight is 464 g/mol. The first-order chi connectivity index (χ1) is 15.0. The number of rotatable bonds is 4. The molecule has 8 nitrogen and oxygen atoms in total. The number of nitrogens with zero attached hydrogens (tertiary/aromatic N) is 2. The maximum Gasteiger partial charge on any atom is 0.243 e. The molecular weight excluding hydrogens is 438 g/mol. The van der Waals surface area contributed by atoms with E-state index in [1.54, 1.807) is 23.5 Å². The Kier molecular flexibility index (Phi) is 5.61.